The summed E-state index contributed by atoms with van der Waals surface area (Å²) in [5.74, 6) is 1.04. The summed E-state index contributed by atoms with van der Waals surface area (Å²) in [6.07, 6.45) is 4.53. The van der Waals surface area contributed by atoms with E-state index < -0.39 is 0 Å². The lowest BCUT2D eigenvalue weighted by Gasteiger charge is -2.13. The highest BCUT2D eigenvalue weighted by atomic mass is 14.2. The Morgan fingerprint density at radius 2 is 1.61 bits per heavy atom. The second-order valence-corrected chi connectivity index (χ2v) is 5.29. The van der Waals surface area contributed by atoms with Gasteiger partial charge in [-0.05, 0) is 28.2 Å². The highest BCUT2D eigenvalue weighted by Crippen LogP contribution is 2.35. The molecule has 0 bridgehead atoms. The maximum Gasteiger partial charge on any atom is 0.0278 e. The number of benzene rings is 2. The molecule has 2 aromatic carbocycles. The van der Waals surface area contributed by atoms with Crippen molar-refractivity contribution < 1.29 is 0 Å². The summed E-state index contributed by atoms with van der Waals surface area (Å²) in [6.45, 7) is 4.47. The van der Waals surface area contributed by atoms with Crippen LogP contribution in [0.25, 0.3) is 6.08 Å². The lowest BCUT2D eigenvalue weighted by atomic mass is 9.91. The van der Waals surface area contributed by atoms with Crippen LogP contribution in [0.5, 0.6) is 0 Å². The zero-order valence-electron chi connectivity index (χ0n) is 10.9. The molecule has 0 heteroatoms. The molecule has 1 aliphatic rings. The van der Waals surface area contributed by atoms with Crippen LogP contribution < -0.4 is 0 Å². The Morgan fingerprint density at radius 3 is 2.33 bits per heavy atom. The molecule has 0 saturated carbocycles. The smallest absolute Gasteiger partial charge is 0.0278 e. The van der Waals surface area contributed by atoms with E-state index in [9.17, 15) is 0 Å². The molecule has 1 aliphatic carbocycles. The quantitative estimate of drug-likeness (QED) is 0.688. The highest BCUT2D eigenvalue weighted by molar-refractivity contribution is 5.65. The van der Waals surface area contributed by atoms with E-state index in [0.29, 0.717) is 11.8 Å². The van der Waals surface area contributed by atoms with Crippen LogP contribution in [0.1, 0.15) is 47.9 Å². The topological polar surface area (TPSA) is 0 Å². The van der Waals surface area contributed by atoms with E-state index in [2.05, 4.69) is 74.5 Å². The fourth-order valence-corrected chi connectivity index (χ4v) is 2.63. The Labute approximate surface area is 109 Å². The molecule has 3 rings (SSSR count). The van der Waals surface area contributed by atoms with Gasteiger partial charge in [-0.3, -0.25) is 0 Å². The predicted octanol–water partition coefficient (Wildman–Crippen LogP) is 4.97. The first kappa shape index (κ1) is 11.3. The predicted molar refractivity (Wildman–Crippen MR) is 77.9 cm³/mol. The molecular weight excluding hydrogens is 216 g/mol. The van der Waals surface area contributed by atoms with Gasteiger partial charge in [-0.1, -0.05) is 74.5 Å². The van der Waals surface area contributed by atoms with Gasteiger partial charge in [0.25, 0.3) is 0 Å². The van der Waals surface area contributed by atoms with Crippen LogP contribution in [0.15, 0.2) is 54.6 Å². The zero-order chi connectivity index (χ0) is 12.5. The molecule has 0 N–H and O–H groups in total. The first-order valence-corrected chi connectivity index (χ1v) is 6.62. The molecule has 1 atom stereocenters. The van der Waals surface area contributed by atoms with Gasteiger partial charge >= 0.3 is 0 Å². The third-order valence-corrected chi connectivity index (χ3v) is 3.76. The number of hydrogen-bond acceptors (Lipinski definition) is 0. The van der Waals surface area contributed by atoms with Crippen LogP contribution >= 0.6 is 0 Å². The van der Waals surface area contributed by atoms with Gasteiger partial charge in [-0.2, -0.15) is 0 Å². The third-order valence-electron chi connectivity index (χ3n) is 3.76. The fraction of sp³-hybridized carbons (Fsp3) is 0.222. The van der Waals surface area contributed by atoms with Crippen molar-refractivity contribution in [2.24, 2.45) is 0 Å². The summed E-state index contributed by atoms with van der Waals surface area (Å²) in [5, 5.41) is 0. The van der Waals surface area contributed by atoms with E-state index in [1.807, 2.05) is 0 Å². The van der Waals surface area contributed by atoms with Gasteiger partial charge in [-0.25, -0.2) is 0 Å². The molecular formula is C18H18. The number of rotatable bonds is 2. The molecule has 0 amide bonds. The lowest BCUT2D eigenvalue weighted by molar-refractivity contribution is 0.864. The van der Waals surface area contributed by atoms with E-state index >= 15 is 0 Å². The summed E-state index contributed by atoms with van der Waals surface area (Å²) >= 11 is 0. The van der Waals surface area contributed by atoms with Crippen LogP contribution in [-0.4, -0.2) is 0 Å². The number of hydrogen-bond donors (Lipinski definition) is 0. The average molecular weight is 234 g/mol. The number of allylic oxidation sites excluding steroid dienone is 1. The summed E-state index contributed by atoms with van der Waals surface area (Å²) in [6, 6.07) is 17.7. The second-order valence-electron chi connectivity index (χ2n) is 5.29. The molecule has 0 heterocycles. The SMILES string of the molecule is CC(C)c1ccc(C2C=Cc3ccccc32)cc1. The van der Waals surface area contributed by atoms with Gasteiger partial charge in [0.2, 0.25) is 0 Å². The maximum absolute atomic E-state index is 2.30. The standard InChI is InChI=1S/C18H18/c1-13(2)14-7-9-16(10-8-14)18-12-11-15-5-3-4-6-17(15)18/h3-13,18H,1-2H3. The first-order chi connectivity index (χ1) is 8.75. The van der Waals surface area contributed by atoms with Crippen LogP contribution in [-0.2, 0) is 0 Å². The molecule has 0 spiro atoms. The lowest BCUT2D eigenvalue weighted by Crippen LogP contribution is -1.96. The zero-order valence-corrected chi connectivity index (χ0v) is 10.9. The Morgan fingerprint density at radius 1 is 0.889 bits per heavy atom. The van der Waals surface area contributed by atoms with Crippen molar-refractivity contribution in [1.29, 1.82) is 0 Å². The minimum Gasteiger partial charge on any atom is -0.0720 e. The normalized spacial score (nSPS) is 17.2. The maximum atomic E-state index is 2.30. The summed E-state index contributed by atoms with van der Waals surface area (Å²) in [4.78, 5) is 0. The van der Waals surface area contributed by atoms with Gasteiger partial charge in [-0.15, -0.1) is 0 Å². The number of fused-ring (bicyclic) bond motifs is 1. The van der Waals surface area contributed by atoms with Crippen molar-refractivity contribution in [3.63, 3.8) is 0 Å². The molecule has 90 valence electrons. The van der Waals surface area contributed by atoms with Crippen molar-refractivity contribution in [2.45, 2.75) is 25.7 Å². The van der Waals surface area contributed by atoms with Gasteiger partial charge in [0.15, 0.2) is 0 Å². The Bertz CT molecular complexity index is 573. The Balaban J connectivity index is 1.95. The van der Waals surface area contributed by atoms with Crippen LogP contribution in [0.2, 0.25) is 0 Å². The molecule has 0 nitrogen and oxygen atoms in total. The van der Waals surface area contributed by atoms with Crippen LogP contribution in [0, 0.1) is 0 Å². The van der Waals surface area contributed by atoms with E-state index in [1.54, 1.807) is 0 Å². The fourth-order valence-electron chi connectivity index (χ4n) is 2.63. The summed E-state index contributed by atoms with van der Waals surface area (Å²) in [5.41, 5.74) is 5.58. The van der Waals surface area contributed by atoms with E-state index in [0.717, 1.165) is 0 Å². The van der Waals surface area contributed by atoms with Gasteiger partial charge in [0.1, 0.15) is 0 Å². The van der Waals surface area contributed by atoms with E-state index in [1.165, 1.54) is 22.3 Å². The van der Waals surface area contributed by atoms with Crippen molar-refractivity contribution in [3.05, 3.63) is 76.9 Å². The Hall–Kier alpha value is -1.82. The average Bonchev–Trinajstić information content (AvgIpc) is 2.82. The minimum absolute atomic E-state index is 0.433. The molecule has 0 fully saturated rings. The minimum atomic E-state index is 0.433. The van der Waals surface area contributed by atoms with Crippen molar-refractivity contribution in [1.82, 2.24) is 0 Å². The second kappa shape index (κ2) is 4.45. The van der Waals surface area contributed by atoms with Gasteiger partial charge in [0, 0.05) is 5.92 Å². The molecule has 0 aromatic heterocycles. The third kappa shape index (κ3) is 1.88. The summed E-state index contributed by atoms with van der Waals surface area (Å²) < 4.78 is 0. The molecule has 2 aromatic rings. The first-order valence-electron chi connectivity index (χ1n) is 6.62. The van der Waals surface area contributed by atoms with E-state index in [4.69, 9.17) is 0 Å². The van der Waals surface area contributed by atoms with Crippen molar-refractivity contribution >= 4 is 6.08 Å². The molecule has 0 aliphatic heterocycles. The highest BCUT2D eigenvalue weighted by Gasteiger charge is 2.18. The molecule has 1 unspecified atom stereocenters. The van der Waals surface area contributed by atoms with Crippen LogP contribution in [0.4, 0.5) is 0 Å². The molecule has 0 radical (unpaired) electrons. The van der Waals surface area contributed by atoms with E-state index in [-0.39, 0.29) is 0 Å². The van der Waals surface area contributed by atoms with Gasteiger partial charge < -0.3 is 0 Å². The largest absolute Gasteiger partial charge is 0.0720 e. The van der Waals surface area contributed by atoms with Gasteiger partial charge in [0.05, 0.1) is 0 Å². The summed E-state index contributed by atoms with van der Waals surface area (Å²) in [7, 11) is 0. The van der Waals surface area contributed by atoms with Crippen molar-refractivity contribution in [3.8, 4) is 0 Å². The van der Waals surface area contributed by atoms with Crippen LogP contribution in [0.3, 0.4) is 0 Å². The molecule has 18 heavy (non-hydrogen) atoms. The Kier molecular flexibility index (Phi) is 2.79. The molecule has 0 saturated heterocycles. The monoisotopic (exact) mass is 234 g/mol. The van der Waals surface area contributed by atoms with Crippen molar-refractivity contribution in [2.75, 3.05) is 0 Å².